The Morgan fingerprint density at radius 1 is 1.28 bits per heavy atom. The molecule has 1 heterocycles. The van der Waals surface area contributed by atoms with Crippen LogP contribution in [0.2, 0.25) is 0 Å². The maximum atomic E-state index is 12.2. The average Bonchev–Trinajstić information content (AvgIpc) is 2.35. The first-order valence-corrected chi connectivity index (χ1v) is 6.71. The van der Waals surface area contributed by atoms with Gasteiger partial charge in [-0.3, -0.25) is 19.7 Å². The second-order valence-corrected chi connectivity index (χ2v) is 5.32. The van der Waals surface area contributed by atoms with E-state index in [0.29, 0.717) is 12.3 Å². The number of carbonyl (C=O) groups is 3. The molecule has 2 rings (SSSR count). The zero-order valence-electron chi connectivity index (χ0n) is 10.8. The maximum Gasteiger partial charge on any atom is 0.249 e. The average molecular weight is 252 g/mol. The fourth-order valence-corrected chi connectivity index (χ4v) is 2.77. The molecule has 1 unspecified atom stereocenters. The van der Waals surface area contributed by atoms with Gasteiger partial charge in [0.1, 0.15) is 12.6 Å². The highest BCUT2D eigenvalue weighted by Gasteiger charge is 2.34. The number of nitrogens with zero attached hydrogens (tertiary/aromatic N) is 1. The fourth-order valence-electron chi connectivity index (χ4n) is 2.77. The molecule has 1 aliphatic carbocycles. The van der Waals surface area contributed by atoms with Gasteiger partial charge in [-0.2, -0.15) is 0 Å². The van der Waals surface area contributed by atoms with Crippen molar-refractivity contribution >= 4 is 17.7 Å². The van der Waals surface area contributed by atoms with E-state index in [1.165, 1.54) is 24.2 Å². The van der Waals surface area contributed by atoms with E-state index in [1.54, 1.807) is 6.92 Å². The van der Waals surface area contributed by atoms with E-state index in [4.69, 9.17) is 0 Å². The van der Waals surface area contributed by atoms with Crippen LogP contribution in [0.15, 0.2) is 0 Å². The lowest BCUT2D eigenvalue weighted by atomic mass is 9.86. The molecular formula is C13H20N2O3. The zero-order chi connectivity index (χ0) is 13.1. The normalized spacial score (nSPS) is 26.1. The molecule has 5 nitrogen and oxygen atoms in total. The number of hydrogen-bond donors (Lipinski definition) is 1. The van der Waals surface area contributed by atoms with Crippen LogP contribution >= 0.6 is 0 Å². The largest absolute Gasteiger partial charge is 0.322 e. The first kappa shape index (κ1) is 13.1. The Labute approximate surface area is 107 Å². The van der Waals surface area contributed by atoms with Crippen molar-refractivity contribution < 1.29 is 14.4 Å². The van der Waals surface area contributed by atoms with E-state index in [2.05, 4.69) is 5.32 Å². The van der Waals surface area contributed by atoms with Crippen LogP contribution in [0.1, 0.15) is 45.4 Å². The molecule has 0 bridgehead atoms. The summed E-state index contributed by atoms with van der Waals surface area (Å²) in [5, 5.41) is 2.25. The van der Waals surface area contributed by atoms with Crippen molar-refractivity contribution in [1.82, 2.24) is 10.2 Å². The van der Waals surface area contributed by atoms with Crippen LogP contribution in [-0.4, -0.2) is 35.2 Å². The molecule has 18 heavy (non-hydrogen) atoms. The van der Waals surface area contributed by atoms with E-state index < -0.39 is 6.04 Å². The maximum absolute atomic E-state index is 12.2. The molecule has 5 heteroatoms. The van der Waals surface area contributed by atoms with Crippen LogP contribution < -0.4 is 5.32 Å². The van der Waals surface area contributed by atoms with Crippen LogP contribution in [0.5, 0.6) is 0 Å². The first-order chi connectivity index (χ1) is 8.58. The minimum absolute atomic E-state index is 0.0124. The molecule has 0 radical (unpaired) electrons. The quantitative estimate of drug-likeness (QED) is 0.740. The topological polar surface area (TPSA) is 66.5 Å². The molecule has 1 saturated carbocycles. The van der Waals surface area contributed by atoms with E-state index >= 15 is 0 Å². The highest BCUT2D eigenvalue weighted by Crippen LogP contribution is 2.27. The van der Waals surface area contributed by atoms with Gasteiger partial charge in [0.15, 0.2) is 0 Å². The van der Waals surface area contributed by atoms with E-state index in [0.717, 1.165) is 12.8 Å². The molecule has 100 valence electrons. The summed E-state index contributed by atoms with van der Waals surface area (Å²) in [6, 6.07) is -0.529. The van der Waals surface area contributed by atoms with Crippen molar-refractivity contribution in [3.05, 3.63) is 0 Å². The third kappa shape index (κ3) is 2.89. The lowest BCUT2D eigenvalue weighted by Crippen LogP contribution is -2.58. The molecule has 3 amide bonds. The first-order valence-electron chi connectivity index (χ1n) is 6.71. The summed E-state index contributed by atoms with van der Waals surface area (Å²) in [6.07, 6.45) is 6.29. The Morgan fingerprint density at radius 2 is 1.94 bits per heavy atom. The van der Waals surface area contributed by atoms with Gasteiger partial charge < -0.3 is 4.90 Å². The number of imide groups is 1. The molecule has 0 aromatic carbocycles. The molecule has 2 fully saturated rings. The molecule has 0 aromatic rings. The van der Waals surface area contributed by atoms with Crippen LogP contribution in [0.4, 0.5) is 0 Å². The number of nitrogens with one attached hydrogen (secondary N) is 1. The summed E-state index contributed by atoms with van der Waals surface area (Å²) < 4.78 is 0. The van der Waals surface area contributed by atoms with E-state index in [9.17, 15) is 14.4 Å². The Kier molecular flexibility index (Phi) is 3.99. The SMILES string of the molecule is CC1C(=O)NC(=O)CN1C(=O)CC1CCCCC1. The molecular weight excluding hydrogens is 232 g/mol. The van der Waals surface area contributed by atoms with Crippen LogP contribution in [-0.2, 0) is 14.4 Å². The highest BCUT2D eigenvalue weighted by molar-refractivity contribution is 6.04. The standard InChI is InChI=1S/C13H20N2O3/c1-9-13(18)14-11(16)8-15(9)12(17)7-10-5-3-2-4-6-10/h9-10H,2-8H2,1H3,(H,14,16,18). The Bertz CT molecular complexity index is 361. The minimum atomic E-state index is -0.529. The van der Waals surface area contributed by atoms with Gasteiger partial charge in [0.2, 0.25) is 17.7 Å². The number of piperazine rings is 1. The molecule has 0 spiro atoms. The highest BCUT2D eigenvalue weighted by atomic mass is 16.2. The van der Waals surface area contributed by atoms with Crippen molar-refractivity contribution in [2.75, 3.05) is 6.54 Å². The summed E-state index contributed by atoms with van der Waals surface area (Å²) in [6.45, 7) is 1.68. The minimum Gasteiger partial charge on any atom is -0.322 e. The van der Waals surface area contributed by atoms with E-state index in [1.807, 2.05) is 0 Å². The Hall–Kier alpha value is -1.39. The van der Waals surface area contributed by atoms with Crippen molar-refractivity contribution in [2.45, 2.75) is 51.5 Å². The summed E-state index contributed by atoms with van der Waals surface area (Å²) >= 11 is 0. The molecule has 1 aliphatic heterocycles. The Morgan fingerprint density at radius 3 is 2.61 bits per heavy atom. The second kappa shape index (κ2) is 5.50. The summed E-state index contributed by atoms with van der Waals surface area (Å²) in [7, 11) is 0. The second-order valence-electron chi connectivity index (χ2n) is 5.32. The fraction of sp³-hybridized carbons (Fsp3) is 0.769. The molecule has 1 N–H and O–H groups in total. The predicted octanol–water partition coefficient (Wildman–Crippen LogP) is 0.830. The predicted molar refractivity (Wildman–Crippen MR) is 65.5 cm³/mol. The third-order valence-corrected chi connectivity index (χ3v) is 3.93. The zero-order valence-corrected chi connectivity index (χ0v) is 10.8. The van der Waals surface area contributed by atoms with Gasteiger partial charge in [-0.05, 0) is 25.7 Å². The monoisotopic (exact) mass is 252 g/mol. The van der Waals surface area contributed by atoms with Gasteiger partial charge in [-0.15, -0.1) is 0 Å². The van der Waals surface area contributed by atoms with Crippen LogP contribution in [0, 0.1) is 5.92 Å². The molecule has 2 aliphatic rings. The molecule has 1 saturated heterocycles. The van der Waals surface area contributed by atoms with Gasteiger partial charge in [-0.1, -0.05) is 19.3 Å². The van der Waals surface area contributed by atoms with Crippen molar-refractivity contribution in [3.8, 4) is 0 Å². The van der Waals surface area contributed by atoms with E-state index in [-0.39, 0.29) is 24.3 Å². The molecule has 0 aromatic heterocycles. The summed E-state index contributed by atoms with van der Waals surface area (Å²) in [5.41, 5.74) is 0. The van der Waals surface area contributed by atoms with Gasteiger partial charge in [-0.25, -0.2) is 0 Å². The van der Waals surface area contributed by atoms with Crippen LogP contribution in [0.25, 0.3) is 0 Å². The van der Waals surface area contributed by atoms with Gasteiger partial charge in [0.05, 0.1) is 0 Å². The van der Waals surface area contributed by atoms with Gasteiger partial charge in [0, 0.05) is 6.42 Å². The lowest BCUT2D eigenvalue weighted by Gasteiger charge is -2.33. The number of hydrogen-bond acceptors (Lipinski definition) is 3. The van der Waals surface area contributed by atoms with Gasteiger partial charge in [0.25, 0.3) is 0 Å². The number of carbonyl (C=O) groups excluding carboxylic acids is 3. The number of rotatable bonds is 2. The van der Waals surface area contributed by atoms with Crippen molar-refractivity contribution in [3.63, 3.8) is 0 Å². The smallest absolute Gasteiger partial charge is 0.249 e. The lowest BCUT2D eigenvalue weighted by molar-refractivity contribution is -0.150. The third-order valence-electron chi connectivity index (χ3n) is 3.93. The Balaban J connectivity index is 1.94. The van der Waals surface area contributed by atoms with Crippen LogP contribution in [0.3, 0.4) is 0 Å². The van der Waals surface area contributed by atoms with Crippen molar-refractivity contribution in [2.24, 2.45) is 5.92 Å². The summed E-state index contributed by atoms with van der Waals surface area (Å²) in [4.78, 5) is 36.4. The number of amides is 3. The summed E-state index contributed by atoms with van der Waals surface area (Å²) in [5.74, 6) is -0.380. The van der Waals surface area contributed by atoms with Crippen molar-refractivity contribution in [1.29, 1.82) is 0 Å². The van der Waals surface area contributed by atoms with Gasteiger partial charge >= 0.3 is 0 Å². The molecule has 1 atom stereocenters.